The number of amides is 1. The van der Waals surface area contributed by atoms with Crippen LogP contribution in [0.5, 0.6) is 5.75 Å². The van der Waals surface area contributed by atoms with Gasteiger partial charge in [0.2, 0.25) is 0 Å². The normalized spacial score (nSPS) is 16.4. The Labute approximate surface area is 208 Å². The van der Waals surface area contributed by atoms with Gasteiger partial charge in [-0.05, 0) is 37.3 Å². The van der Waals surface area contributed by atoms with Crippen LogP contribution in [0.25, 0.3) is 16.8 Å². The Balaban J connectivity index is 1.21. The molecular weight excluding hydrogens is 489 g/mol. The lowest BCUT2D eigenvalue weighted by Gasteiger charge is -2.56. The van der Waals surface area contributed by atoms with Crippen LogP contribution in [-0.2, 0) is 4.74 Å². The van der Waals surface area contributed by atoms with Crippen molar-refractivity contribution in [3.05, 3.63) is 66.4 Å². The lowest BCUT2D eigenvalue weighted by Crippen LogP contribution is -2.66. The number of halogens is 3. The second kappa shape index (κ2) is 8.44. The average Bonchev–Trinajstić information content (AvgIpc) is 3.22. The average molecular weight is 510 g/mol. The van der Waals surface area contributed by atoms with Crippen LogP contribution in [0.4, 0.5) is 24.5 Å². The minimum atomic E-state index is -4.80. The Kier molecular flexibility index (Phi) is 5.30. The maximum Gasteiger partial charge on any atom is 0.573 e. The highest BCUT2D eigenvalue weighted by Gasteiger charge is 2.49. The summed E-state index contributed by atoms with van der Waals surface area (Å²) in [6, 6.07) is 8.15. The lowest BCUT2D eigenvalue weighted by atomic mass is 9.78. The summed E-state index contributed by atoms with van der Waals surface area (Å²) >= 11 is 0. The third kappa shape index (κ3) is 4.44. The molecule has 6 rings (SSSR count). The Morgan fingerprint density at radius 1 is 1.11 bits per heavy atom. The number of ether oxygens (including phenoxy) is 2. The van der Waals surface area contributed by atoms with Gasteiger partial charge in [-0.15, -0.1) is 13.2 Å². The fourth-order valence-electron chi connectivity index (χ4n) is 4.59. The van der Waals surface area contributed by atoms with E-state index in [0.29, 0.717) is 33.7 Å². The first-order chi connectivity index (χ1) is 17.7. The summed E-state index contributed by atoms with van der Waals surface area (Å²) in [5.41, 5.74) is 4.28. The van der Waals surface area contributed by atoms with Crippen molar-refractivity contribution in [1.82, 2.24) is 19.6 Å². The van der Waals surface area contributed by atoms with Gasteiger partial charge >= 0.3 is 6.36 Å². The van der Waals surface area contributed by atoms with Crippen molar-refractivity contribution in [2.24, 2.45) is 5.41 Å². The molecule has 6 heterocycles. The zero-order valence-corrected chi connectivity index (χ0v) is 19.6. The van der Waals surface area contributed by atoms with Crippen LogP contribution >= 0.6 is 0 Å². The molecule has 0 bridgehead atoms. The van der Waals surface area contributed by atoms with Gasteiger partial charge in [-0.3, -0.25) is 14.8 Å². The molecule has 0 saturated carbocycles. The Morgan fingerprint density at radius 3 is 2.59 bits per heavy atom. The molecule has 12 heteroatoms. The van der Waals surface area contributed by atoms with Gasteiger partial charge in [0.15, 0.2) is 0 Å². The molecule has 190 valence electrons. The van der Waals surface area contributed by atoms with Crippen molar-refractivity contribution in [3.63, 3.8) is 0 Å². The SMILES string of the molecule is Cc1ncc(-c2ccc(OC(F)(F)F)cn2)cc1NC(=O)c1cnn2ccc(N3CC4(COC4)C3)cc12. The first-order valence-corrected chi connectivity index (χ1v) is 11.5. The maximum absolute atomic E-state index is 13.2. The van der Waals surface area contributed by atoms with Gasteiger partial charge in [0.05, 0.1) is 59.2 Å². The summed E-state index contributed by atoms with van der Waals surface area (Å²) < 4.78 is 48.1. The van der Waals surface area contributed by atoms with Gasteiger partial charge in [0, 0.05) is 36.7 Å². The molecule has 37 heavy (non-hydrogen) atoms. The van der Waals surface area contributed by atoms with Crippen LogP contribution in [0.2, 0.25) is 0 Å². The van der Waals surface area contributed by atoms with E-state index in [9.17, 15) is 18.0 Å². The zero-order chi connectivity index (χ0) is 25.8. The lowest BCUT2D eigenvalue weighted by molar-refractivity contribution is -0.274. The number of rotatable bonds is 5. The fraction of sp³-hybridized carbons (Fsp3) is 0.280. The van der Waals surface area contributed by atoms with E-state index in [1.807, 2.05) is 18.3 Å². The number of nitrogens with zero attached hydrogens (tertiary/aromatic N) is 5. The molecule has 4 aromatic heterocycles. The Bertz CT molecular complexity index is 1490. The molecule has 0 aliphatic carbocycles. The predicted octanol–water partition coefficient (Wildman–Crippen LogP) is 4.09. The largest absolute Gasteiger partial charge is 0.573 e. The Hall–Kier alpha value is -4.19. The van der Waals surface area contributed by atoms with Crippen molar-refractivity contribution in [2.45, 2.75) is 13.3 Å². The first kappa shape index (κ1) is 23.2. The molecule has 0 atom stereocenters. The number of carbonyl (C=O) groups excluding carboxylic acids is 1. The van der Waals surface area contributed by atoms with Gasteiger partial charge in [0.1, 0.15) is 5.75 Å². The molecule has 2 fully saturated rings. The van der Waals surface area contributed by atoms with Crippen LogP contribution < -0.4 is 15.0 Å². The molecule has 9 nitrogen and oxygen atoms in total. The van der Waals surface area contributed by atoms with Crippen molar-refractivity contribution in [2.75, 3.05) is 36.5 Å². The summed E-state index contributed by atoms with van der Waals surface area (Å²) in [5.74, 6) is -0.782. The summed E-state index contributed by atoms with van der Waals surface area (Å²) in [5, 5.41) is 7.18. The Morgan fingerprint density at radius 2 is 1.92 bits per heavy atom. The summed E-state index contributed by atoms with van der Waals surface area (Å²) in [6.07, 6.45) is 1.06. The molecule has 4 aromatic rings. The second-order valence-electron chi connectivity index (χ2n) is 9.36. The number of fused-ring (bicyclic) bond motifs is 1. The zero-order valence-electron chi connectivity index (χ0n) is 19.6. The predicted molar refractivity (Wildman–Crippen MR) is 127 cm³/mol. The van der Waals surface area contributed by atoms with Gasteiger partial charge < -0.3 is 19.7 Å². The van der Waals surface area contributed by atoms with Crippen LogP contribution in [0, 0.1) is 12.3 Å². The second-order valence-corrected chi connectivity index (χ2v) is 9.36. The number of hydrogen-bond donors (Lipinski definition) is 1. The van der Waals surface area contributed by atoms with E-state index in [4.69, 9.17) is 4.74 Å². The standard InChI is InChI=1S/C25H21F3N6O3/c1-15-21(6-16(8-29-15)20-3-2-18(9-30-20)37-25(26,27)28)32-23(35)19-10-31-34-5-4-17(7-22(19)34)33-11-24(12-33)13-36-14-24/h2-10H,11-14H2,1H3,(H,32,35). The molecule has 2 aliphatic heterocycles. The number of carbonyl (C=O) groups is 1. The molecule has 2 aliphatic rings. The van der Waals surface area contributed by atoms with Crippen LogP contribution in [-0.4, -0.2) is 58.2 Å². The molecule has 1 spiro atoms. The van der Waals surface area contributed by atoms with E-state index in [2.05, 4.69) is 30.0 Å². The van der Waals surface area contributed by atoms with E-state index in [1.165, 1.54) is 24.5 Å². The first-order valence-electron chi connectivity index (χ1n) is 11.5. The number of nitrogens with one attached hydrogen (secondary N) is 1. The highest BCUT2D eigenvalue weighted by molar-refractivity contribution is 6.09. The van der Waals surface area contributed by atoms with E-state index >= 15 is 0 Å². The van der Waals surface area contributed by atoms with Gasteiger partial charge in [-0.2, -0.15) is 5.10 Å². The summed E-state index contributed by atoms with van der Waals surface area (Å²) in [7, 11) is 0. The topological polar surface area (TPSA) is 93.9 Å². The minimum Gasteiger partial charge on any atom is -0.404 e. The highest BCUT2D eigenvalue weighted by Crippen LogP contribution is 2.40. The van der Waals surface area contributed by atoms with Crippen LogP contribution in [0.1, 0.15) is 16.1 Å². The third-order valence-electron chi connectivity index (χ3n) is 6.58. The minimum absolute atomic E-state index is 0.267. The van der Waals surface area contributed by atoms with E-state index in [-0.39, 0.29) is 11.3 Å². The quantitative estimate of drug-likeness (QED) is 0.432. The van der Waals surface area contributed by atoms with Gasteiger partial charge in [-0.1, -0.05) is 0 Å². The van der Waals surface area contributed by atoms with E-state index in [1.54, 1.807) is 17.5 Å². The van der Waals surface area contributed by atoms with Crippen molar-refractivity contribution >= 4 is 22.8 Å². The van der Waals surface area contributed by atoms with Gasteiger partial charge in [-0.25, -0.2) is 4.52 Å². The molecule has 1 N–H and O–H groups in total. The fourth-order valence-corrected chi connectivity index (χ4v) is 4.59. The van der Waals surface area contributed by atoms with Crippen molar-refractivity contribution in [3.8, 4) is 17.0 Å². The van der Waals surface area contributed by atoms with Crippen molar-refractivity contribution in [1.29, 1.82) is 0 Å². The molecular formula is C25H21F3N6O3. The molecule has 0 unspecified atom stereocenters. The smallest absolute Gasteiger partial charge is 0.404 e. The number of pyridine rings is 3. The van der Waals surface area contributed by atoms with Gasteiger partial charge in [0.25, 0.3) is 5.91 Å². The van der Waals surface area contributed by atoms with Crippen LogP contribution in [0.15, 0.2) is 55.1 Å². The highest BCUT2D eigenvalue weighted by atomic mass is 19.4. The maximum atomic E-state index is 13.2. The number of hydrogen-bond acceptors (Lipinski definition) is 7. The third-order valence-corrected chi connectivity index (χ3v) is 6.58. The number of anilines is 2. The molecule has 2 saturated heterocycles. The summed E-state index contributed by atoms with van der Waals surface area (Å²) in [4.78, 5) is 23.8. The molecule has 0 radical (unpaired) electrons. The van der Waals surface area contributed by atoms with E-state index in [0.717, 1.165) is 38.2 Å². The van der Waals surface area contributed by atoms with Crippen molar-refractivity contribution < 1.29 is 27.4 Å². The number of aryl methyl sites for hydroxylation is 1. The molecule has 0 aromatic carbocycles. The van der Waals surface area contributed by atoms with Crippen LogP contribution in [0.3, 0.4) is 0 Å². The summed E-state index contributed by atoms with van der Waals surface area (Å²) in [6.45, 7) is 5.17. The monoisotopic (exact) mass is 510 g/mol. The molecule has 1 amide bonds. The van der Waals surface area contributed by atoms with E-state index < -0.39 is 12.1 Å². The number of alkyl halides is 3. The number of aromatic nitrogens is 4.